The van der Waals surface area contributed by atoms with Gasteiger partial charge in [-0.2, -0.15) is 9.37 Å². The Kier molecular flexibility index (Phi) is 3.35. The van der Waals surface area contributed by atoms with E-state index >= 15 is 0 Å². The Hall–Kier alpha value is -2.19. The fraction of sp³-hybridized carbons (Fsp3) is 0.462. The Labute approximate surface area is 128 Å². The Balaban J connectivity index is 2.20. The third-order valence-corrected chi connectivity index (χ3v) is 3.78. The van der Waals surface area contributed by atoms with Gasteiger partial charge >= 0.3 is 6.08 Å². The van der Waals surface area contributed by atoms with Gasteiger partial charge in [0, 0.05) is 0 Å². The number of fused-ring (bicyclic) bond motifs is 1. The first-order valence-electron chi connectivity index (χ1n) is 6.49. The molecule has 8 nitrogen and oxygen atoms in total. The summed E-state index contributed by atoms with van der Waals surface area (Å²) >= 11 is 0. The number of hydrogen-bond acceptors (Lipinski definition) is 7. The van der Waals surface area contributed by atoms with Gasteiger partial charge in [-0.05, 0) is 6.92 Å². The van der Waals surface area contributed by atoms with Gasteiger partial charge in [0.1, 0.15) is 12.1 Å². The summed E-state index contributed by atoms with van der Waals surface area (Å²) in [6.45, 7) is 0.235. The summed E-state index contributed by atoms with van der Waals surface area (Å²) in [6.07, 6.45) is 1.32. The van der Waals surface area contributed by atoms with Gasteiger partial charge in [0.15, 0.2) is 18.0 Å². The zero-order valence-electron chi connectivity index (χ0n) is 11.8. The topological polar surface area (TPSA) is 114 Å². The maximum absolute atomic E-state index is 14.4. The van der Waals surface area contributed by atoms with Crippen molar-refractivity contribution in [2.24, 2.45) is 0 Å². The van der Waals surface area contributed by atoms with Crippen LogP contribution in [-0.2, 0) is 4.74 Å². The largest absolute Gasteiger partial charge is 0.390 e. The second-order valence-electron chi connectivity index (χ2n) is 5.19. The molecular formula is C13H12F2N4O4. The molecule has 0 aromatic carbocycles. The minimum atomic E-state index is -3.00. The average molecular weight is 326 g/mol. The molecule has 2 aromatic rings. The third-order valence-electron chi connectivity index (χ3n) is 3.78. The lowest BCUT2D eigenvalue weighted by Gasteiger charge is -2.26. The van der Waals surface area contributed by atoms with Crippen molar-refractivity contribution >= 4 is 11.2 Å². The first-order chi connectivity index (χ1) is 10.8. The number of aliphatic hydroxyl groups is 3. The fourth-order valence-corrected chi connectivity index (χ4v) is 2.54. The zero-order chi connectivity index (χ0) is 17.0. The van der Waals surface area contributed by atoms with Gasteiger partial charge in [-0.15, -0.1) is 6.42 Å². The van der Waals surface area contributed by atoms with E-state index in [9.17, 15) is 19.0 Å². The summed E-state index contributed by atoms with van der Waals surface area (Å²) in [6, 6.07) is 0. The van der Waals surface area contributed by atoms with Crippen LogP contribution in [0.2, 0.25) is 0 Å². The summed E-state index contributed by atoms with van der Waals surface area (Å²) in [5.74, 6) is -1.14. The molecule has 3 heterocycles. The van der Waals surface area contributed by atoms with Crippen molar-refractivity contribution in [3.05, 3.63) is 18.1 Å². The predicted molar refractivity (Wildman–Crippen MR) is 70.9 cm³/mol. The van der Waals surface area contributed by atoms with E-state index in [2.05, 4.69) is 15.0 Å². The van der Waals surface area contributed by atoms with Crippen LogP contribution in [0.4, 0.5) is 8.78 Å². The fourth-order valence-electron chi connectivity index (χ4n) is 2.54. The maximum atomic E-state index is 14.4. The molecule has 23 heavy (non-hydrogen) atoms. The molecule has 1 fully saturated rings. The van der Waals surface area contributed by atoms with Crippen LogP contribution in [0.1, 0.15) is 11.9 Å². The van der Waals surface area contributed by atoms with Gasteiger partial charge in [-0.25, -0.2) is 14.4 Å². The molecule has 0 unspecified atom stereocenters. The van der Waals surface area contributed by atoms with Crippen LogP contribution in [0.25, 0.3) is 11.2 Å². The highest BCUT2D eigenvalue weighted by Crippen LogP contribution is 2.45. The monoisotopic (exact) mass is 326 g/mol. The van der Waals surface area contributed by atoms with Crippen molar-refractivity contribution in [2.45, 2.75) is 30.7 Å². The minimum Gasteiger partial charge on any atom is -0.390 e. The number of aliphatic hydroxyl groups excluding tert-OH is 2. The van der Waals surface area contributed by atoms with Crippen LogP contribution in [0.3, 0.4) is 0 Å². The van der Waals surface area contributed by atoms with Gasteiger partial charge in [0.05, 0.1) is 12.0 Å². The molecule has 2 aromatic heterocycles. The number of aromatic nitrogens is 4. The second kappa shape index (κ2) is 4.90. The van der Waals surface area contributed by atoms with E-state index in [-0.39, 0.29) is 16.9 Å². The molecule has 3 rings (SSSR count). The molecule has 0 bridgehead atoms. The molecule has 10 heteroatoms. The number of rotatable bonds is 2. The highest BCUT2D eigenvalue weighted by Gasteiger charge is 2.64. The summed E-state index contributed by atoms with van der Waals surface area (Å²) in [4.78, 5) is 11.0. The lowest BCUT2D eigenvalue weighted by Crippen LogP contribution is -2.49. The second-order valence-corrected chi connectivity index (χ2v) is 5.19. The number of nitrogens with zero attached hydrogens (tertiary/aromatic N) is 4. The van der Waals surface area contributed by atoms with E-state index in [0.29, 0.717) is 0 Å². The molecule has 0 amide bonds. The average Bonchev–Trinajstić information content (AvgIpc) is 3.01. The number of halogens is 2. The smallest absolute Gasteiger partial charge is 0.310 e. The van der Waals surface area contributed by atoms with E-state index in [1.54, 1.807) is 0 Å². The molecule has 4 atom stereocenters. The van der Waals surface area contributed by atoms with Crippen molar-refractivity contribution in [1.29, 1.82) is 0 Å². The number of terminal acetylenes is 1. The standard InChI is InChI=1S/C13H12F2N4O4/c1-3-12(22)9(21)13(15,4-20)23-10(12)19-5-16-7-6(2)17-11(14)18-8(7)19/h1,5,9-10,20-22H,4H2,2H3/t9-,10+,12+,13+/m0/s1. The Morgan fingerprint density at radius 1 is 1.52 bits per heavy atom. The highest BCUT2D eigenvalue weighted by molar-refractivity contribution is 5.73. The van der Waals surface area contributed by atoms with Gasteiger partial charge in [0.25, 0.3) is 5.85 Å². The number of alkyl halides is 1. The molecule has 0 spiro atoms. The van der Waals surface area contributed by atoms with E-state index in [4.69, 9.17) is 16.3 Å². The molecule has 1 aliphatic heterocycles. The van der Waals surface area contributed by atoms with E-state index in [0.717, 1.165) is 10.9 Å². The Morgan fingerprint density at radius 3 is 2.83 bits per heavy atom. The summed E-state index contributed by atoms with van der Waals surface area (Å²) in [7, 11) is 0. The molecule has 122 valence electrons. The number of aryl methyl sites for hydroxylation is 1. The highest BCUT2D eigenvalue weighted by atomic mass is 19.2. The molecule has 0 aliphatic carbocycles. The van der Waals surface area contributed by atoms with Crippen molar-refractivity contribution < 1.29 is 28.8 Å². The molecule has 1 aliphatic rings. The Morgan fingerprint density at radius 2 is 2.22 bits per heavy atom. The van der Waals surface area contributed by atoms with Crippen LogP contribution in [0, 0.1) is 25.3 Å². The number of imidazole rings is 1. The predicted octanol–water partition coefficient (Wildman–Crippen LogP) is -0.814. The minimum absolute atomic E-state index is 0.108. The third kappa shape index (κ3) is 2.02. The maximum Gasteiger partial charge on any atom is 0.310 e. The van der Waals surface area contributed by atoms with E-state index < -0.39 is 36.5 Å². The lowest BCUT2D eigenvalue weighted by atomic mass is 9.94. The molecule has 0 radical (unpaired) electrons. The molecule has 3 N–H and O–H groups in total. The van der Waals surface area contributed by atoms with Crippen LogP contribution >= 0.6 is 0 Å². The van der Waals surface area contributed by atoms with Crippen LogP contribution in [0.15, 0.2) is 6.33 Å². The van der Waals surface area contributed by atoms with Crippen molar-refractivity contribution in [3.63, 3.8) is 0 Å². The van der Waals surface area contributed by atoms with Crippen molar-refractivity contribution in [3.8, 4) is 12.3 Å². The van der Waals surface area contributed by atoms with Gasteiger partial charge in [-0.3, -0.25) is 4.57 Å². The van der Waals surface area contributed by atoms with Gasteiger partial charge in [-0.1, -0.05) is 5.92 Å². The SMILES string of the molecule is C#C[C@]1(O)[C@H](n2cnc3c(C)nc(F)nc32)O[C@](F)(CO)[C@H]1O. The summed E-state index contributed by atoms with van der Waals surface area (Å²) in [5.41, 5.74) is -2.24. The molecule has 1 saturated heterocycles. The van der Waals surface area contributed by atoms with Gasteiger partial charge < -0.3 is 20.1 Å². The normalized spacial score (nSPS) is 34.0. The molecular weight excluding hydrogens is 314 g/mol. The van der Waals surface area contributed by atoms with Crippen LogP contribution < -0.4 is 0 Å². The molecule has 0 saturated carbocycles. The van der Waals surface area contributed by atoms with Crippen LogP contribution in [-0.4, -0.2) is 59.0 Å². The lowest BCUT2D eigenvalue weighted by molar-refractivity contribution is -0.206. The number of hydrogen-bond donors (Lipinski definition) is 3. The van der Waals surface area contributed by atoms with E-state index in [1.165, 1.54) is 6.92 Å². The summed E-state index contributed by atoms with van der Waals surface area (Å²) < 4.78 is 33.8. The Bertz CT molecular complexity index is 822. The summed E-state index contributed by atoms with van der Waals surface area (Å²) in [5, 5.41) is 29.4. The van der Waals surface area contributed by atoms with Crippen LogP contribution in [0.5, 0.6) is 0 Å². The first-order valence-corrected chi connectivity index (χ1v) is 6.49. The van der Waals surface area contributed by atoms with Gasteiger partial charge in [0.2, 0.25) is 5.60 Å². The van der Waals surface area contributed by atoms with Crippen molar-refractivity contribution in [2.75, 3.05) is 6.61 Å². The quantitative estimate of drug-likeness (QED) is 0.488. The number of ether oxygens (including phenoxy) is 1. The van der Waals surface area contributed by atoms with E-state index in [1.807, 2.05) is 5.92 Å². The van der Waals surface area contributed by atoms with Crippen molar-refractivity contribution in [1.82, 2.24) is 19.5 Å². The zero-order valence-corrected chi connectivity index (χ0v) is 11.8. The first kappa shape index (κ1) is 15.7.